The minimum Gasteiger partial charge on any atom is -0.445 e. The molecule has 3 amide bonds. The first-order valence-electron chi connectivity index (χ1n) is 7.86. The van der Waals surface area contributed by atoms with Gasteiger partial charge in [-0.05, 0) is 24.8 Å². The highest BCUT2D eigenvalue weighted by molar-refractivity contribution is 5.90. The Bertz CT molecular complexity index is 560. The third kappa shape index (κ3) is 7.13. The molecule has 0 aromatic heterocycles. The molecule has 24 heavy (non-hydrogen) atoms. The zero-order valence-corrected chi connectivity index (χ0v) is 14.2. The van der Waals surface area contributed by atoms with E-state index in [0.717, 1.165) is 5.56 Å². The van der Waals surface area contributed by atoms with E-state index in [9.17, 15) is 14.4 Å². The van der Waals surface area contributed by atoms with Gasteiger partial charge in [-0.25, -0.2) is 4.79 Å². The molecule has 7 heteroatoms. The maximum absolute atomic E-state index is 12.1. The molecule has 0 heterocycles. The van der Waals surface area contributed by atoms with Crippen molar-refractivity contribution in [3.8, 4) is 0 Å². The number of amides is 3. The van der Waals surface area contributed by atoms with Crippen LogP contribution in [0.2, 0.25) is 0 Å². The van der Waals surface area contributed by atoms with E-state index in [4.69, 9.17) is 10.5 Å². The largest absolute Gasteiger partial charge is 0.445 e. The van der Waals surface area contributed by atoms with E-state index in [1.165, 1.54) is 6.92 Å². The molecule has 1 rings (SSSR count). The normalized spacial score (nSPS) is 13.0. The number of hydrogen-bond donors (Lipinski definition) is 3. The summed E-state index contributed by atoms with van der Waals surface area (Å²) in [5, 5.41) is 4.97. The van der Waals surface area contributed by atoms with Crippen LogP contribution < -0.4 is 16.4 Å². The van der Waals surface area contributed by atoms with Crippen LogP contribution in [0, 0.1) is 5.92 Å². The van der Waals surface area contributed by atoms with Crippen LogP contribution in [0.15, 0.2) is 30.3 Å². The molecule has 0 spiro atoms. The summed E-state index contributed by atoms with van der Waals surface area (Å²) >= 11 is 0. The summed E-state index contributed by atoms with van der Waals surface area (Å²) in [6, 6.07) is 7.59. The maximum Gasteiger partial charge on any atom is 0.408 e. The van der Waals surface area contributed by atoms with Crippen molar-refractivity contribution in [3.05, 3.63) is 35.9 Å². The quantitative estimate of drug-likeness (QED) is 0.665. The van der Waals surface area contributed by atoms with Crippen molar-refractivity contribution in [3.63, 3.8) is 0 Å². The average molecular weight is 335 g/mol. The molecule has 0 saturated heterocycles. The fourth-order valence-corrected chi connectivity index (χ4v) is 2.02. The first kappa shape index (κ1) is 19.5. The van der Waals surface area contributed by atoms with Gasteiger partial charge >= 0.3 is 6.09 Å². The van der Waals surface area contributed by atoms with Crippen molar-refractivity contribution in [2.45, 2.75) is 45.9 Å². The van der Waals surface area contributed by atoms with Crippen LogP contribution in [0.5, 0.6) is 0 Å². The van der Waals surface area contributed by atoms with Crippen LogP contribution in [0.1, 0.15) is 32.8 Å². The van der Waals surface area contributed by atoms with Gasteiger partial charge in [-0.15, -0.1) is 0 Å². The van der Waals surface area contributed by atoms with Crippen LogP contribution in [-0.4, -0.2) is 30.0 Å². The Morgan fingerprint density at radius 3 is 2.25 bits per heavy atom. The summed E-state index contributed by atoms with van der Waals surface area (Å²) in [7, 11) is 0. The highest BCUT2D eigenvalue weighted by atomic mass is 16.5. The number of benzene rings is 1. The number of carbonyl (C=O) groups excluding carboxylic acids is 3. The summed E-state index contributed by atoms with van der Waals surface area (Å²) in [6.07, 6.45) is -0.271. The smallest absolute Gasteiger partial charge is 0.408 e. The van der Waals surface area contributed by atoms with Gasteiger partial charge in [0, 0.05) is 0 Å². The van der Waals surface area contributed by atoms with Gasteiger partial charge in [0.25, 0.3) is 0 Å². The Morgan fingerprint density at radius 2 is 1.71 bits per heavy atom. The van der Waals surface area contributed by atoms with Crippen molar-refractivity contribution in [2.24, 2.45) is 11.7 Å². The van der Waals surface area contributed by atoms with Gasteiger partial charge in [-0.1, -0.05) is 44.2 Å². The maximum atomic E-state index is 12.1. The number of primary amides is 1. The second kappa shape index (κ2) is 9.54. The van der Waals surface area contributed by atoms with E-state index in [0.29, 0.717) is 6.42 Å². The lowest BCUT2D eigenvalue weighted by Crippen LogP contribution is -2.52. The predicted molar refractivity (Wildman–Crippen MR) is 89.8 cm³/mol. The van der Waals surface area contributed by atoms with E-state index in [-0.39, 0.29) is 12.5 Å². The van der Waals surface area contributed by atoms with Gasteiger partial charge in [0.2, 0.25) is 11.8 Å². The molecule has 1 aromatic carbocycles. The minimum atomic E-state index is -0.845. The number of ether oxygens (including phenoxy) is 1. The molecule has 7 nitrogen and oxygen atoms in total. The number of alkyl carbamates (subject to hydrolysis) is 1. The average Bonchev–Trinajstić information content (AvgIpc) is 2.52. The second-order valence-corrected chi connectivity index (χ2v) is 6.02. The van der Waals surface area contributed by atoms with Crippen LogP contribution in [0.25, 0.3) is 0 Å². The van der Waals surface area contributed by atoms with Crippen molar-refractivity contribution in [1.82, 2.24) is 10.6 Å². The standard InChI is InChI=1S/C17H25N3O4/c1-11(2)9-14(15(18)21)20-16(22)12(3)19-17(23)24-10-13-7-5-4-6-8-13/h4-8,11-12,14H,9-10H2,1-3H3,(H2,18,21)(H,19,23)(H,20,22). The van der Waals surface area contributed by atoms with E-state index in [1.807, 2.05) is 44.2 Å². The zero-order chi connectivity index (χ0) is 18.1. The van der Waals surface area contributed by atoms with Crippen molar-refractivity contribution < 1.29 is 19.1 Å². The third-order valence-electron chi connectivity index (χ3n) is 3.31. The summed E-state index contributed by atoms with van der Waals surface area (Å²) in [5.41, 5.74) is 6.12. The summed E-state index contributed by atoms with van der Waals surface area (Å²) in [5.74, 6) is -0.895. The third-order valence-corrected chi connectivity index (χ3v) is 3.31. The Balaban J connectivity index is 2.44. The molecule has 0 aliphatic rings. The first-order chi connectivity index (χ1) is 11.3. The van der Waals surface area contributed by atoms with Gasteiger partial charge < -0.3 is 21.1 Å². The van der Waals surface area contributed by atoms with Crippen molar-refractivity contribution in [1.29, 1.82) is 0 Å². The first-order valence-corrected chi connectivity index (χ1v) is 7.86. The molecule has 0 saturated carbocycles. The molecule has 2 unspecified atom stereocenters. The molecular formula is C17H25N3O4. The summed E-state index contributed by atoms with van der Waals surface area (Å²) in [4.78, 5) is 35.2. The molecule has 0 bridgehead atoms. The molecule has 0 aliphatic heterocycles. The Morgan fingerprint density at radius 1 is 1.08 bits per heavy atom. The molecule has 0 radical (unpaired) electrons. The molecule has 0 aliphatic carbocycles. The topological polar surface area (TPSA) is 111 Å². The lowest BCUT2D eigenvalue weighted by Gasteiger charge is -2.20. The lowest BCUT2D eigenvalue weighted by molar-refractivity contribution is -0.128. The second-order valence-electron chi connectivity index (χ2n) is 6.02. The van der Waals surface area contributed by atoms with Gasteiger partial charge in [-0.3, -0.25) is 9.59 Å². The molecule has 132 valence electrons. The van der Waals surface area contributed by atoms with Gasteiger partial charge in [-0.2, -0.15) is 0 Å². The number of hydrogen-bond acceptors (Lipinski definition) is 4. The van der Waals surface area contributed by atoms with Gasteiger partial charge in [0.15, 0.2) is 0 Å². The molecule has 1 aromatic rings. The summed E-state index contributed by atoms with van der Waals surface area (Å²) in [6.45, 7) is 5.46. The molecular weight excluding hydrogens is 310 g/mol. The number of nitrogens with two attached hydrogens (primary N) is 1. The predicted octanol–water partition coefficient (Wildman–Crippen LogP) is 1.32. The molecule has 4 N–H and O–H groups in total. The van der Waals surface area contributed by atoms with E-state index in [2.05, 4.69) is 10.6 Å². The van der Waals surface area contributed by atoms with Crippen LogP contribution in [-0.2, 0) is 20.9 Å². The van der Waals surface area contributed by atoms with Crippen LogP contribution in [0.4, 0.5) is 4.79 Å². The molecule has 0 fully saturated rings. The monoisotopic (exact) mass is 335 g/mol. The fourth-order valence-electron chi connectivity index (χ4n) is 2.02. The fraction of sp³-hybridized carbons (Fsp3) is 0.471. The lowest BCUT2D eigenvalue weighted by atomic mass is 10.0. The number of carbonyl (C=O) groups is 3. The minimum absolute atomic E-state index is 0.109. The Kier molecular flexibility index (Phi) is 7.74. The van der Waals surface area contributed by atoms with Gasteiger partial charge in [0.1, 0.15) is 18.7 Å². The van der Waals surface area contributed by atoms with E-state index < -0.39 is 30.0 Å². The number of rotatable bonds is 8. The van der Waals surface area contributed by atoms with Crippen LogP contribution >= 0.6 is 0 Å². The molecule has 2 atom stereocenters. The zero-order valence-electron chi connectivity index (χ0n) is 14.2. The van der Waals surface area contributed by atoms with Crippen molar-refractivity contribution in [2.75, 3.05) is 0 Å². The summed E-state index contributed by atoms with van der Waals surface area (Å²) < 4.78 is 5.04. The Hall–Kier alpha value is -2.57. The highest BCUT2D eigenvalue weighted by Gasteiger charge is 2.23. The number of nitrogens with one attached hydrogen (secondary N) is 2. The van der Waals surface area contributed by atoms with E-state index >= 15 is 0 Å². The highest BCUT2D eigenvalue weighted by Crippen LogP contribution is 2.05. The van der Waals surface area contributed by atoms with E-state index in [1.54, 1.807) is 0 Å². The van der Waals surface area contributed by atoms with Crippen molar-refractivity contribution >= 4 is 17.9 Å². The van der Waals surface area contributed by atoms with Crippen LogP contribution in [0.3, 0.4) is 0 Å². The Labute approximate surface area is 141 Å². The van der Waals surface area contributed by atoms with Gasteiger partial charge in [0.05, 0.1) is 0 Å². The SMILES string of the molecule is CC(C)CC(NC(=O)C(C)NC(=O)OCc1ccccc1)C(N)=O.